The number of hydrogen-bond acceptors (Lipinski definition) is 16. The minimum Gasteiger partial charge on any atom is -0.394 e. The molecule has 0 aromatic heterocycles. The van der Waals surface area contributed by atoms with Crippen molar-refractivity contribution in [3.05, 3.63) is 71.8 Å². The molecule has 22 N–H and O–H groups in total. The van der Waals surface area contributed by atoms with Crippen molar-refractivity contribution in [3.63, 3.8) is 0 Å². The summed E-state index contributed by atoms with van der Waals surface area (Å²) in [5, 5.41) is 44.3. The van der Waals surface area contributed by atoms with E-state index < -0.39 is 146 Å². The molecule has 0 spiro atoms. The Labute approximate surface area is 450 Å². The predicted octanol–water partition coefficient (Wildman–Crippen LogP) is -7.38. The first kappa shape index (κ1) is 65.8. The van der Waals surface area contributed by atoms with E-state index in [1.165, 1.54) is 20.8 Å². The Bertz CT molecular complexity index is 2360. The largest absolute Gasteiger partial charge is 0.394 e. The summed E-state index contributed by atoms with van der Waals surface area (Å²) in [5.74, 6) is -9.76. The molecule has 2 aromatic rings. The van der Waals surface area contributed by atoms with Gasteiger partial charge in [0, 0.05) is 13.0 Å². The van der Waals surface area contributed by atoms with Crippen molar-refractivity contribution in [3.8, 4) is 0 Å². The Hall–Kier alpha value is -8.28. The smallest absolute Gasteiger partial charge is 0.245 e. The minimum absolute atomic E-state index is 0.00189. The lowest BCUT2D eigenvalue weighted by Gasteiger charge is -2.26. The van der Waals surface area contributed by atoms with Crippen LogP contribution < -0.4 is 81.8 Å². The van der Waals surface area contributed by atoms with Crippen molar-refractivity contribution >= 4 is 70.9 Å². The maximum atomic E-state index is 13.8. The molecule has 29 heteroatoms. The second kappa shape index (κ2) is 35.1. The highest BCUT2D eigenvalue weighted by Gasteiger charge is 2.33. The van der Waals surface area contributed by atoms with Gasteiger partial charge < -0.3 is 92.0 Å². The van der Waals surface area contributed by atoms with E-state index in [9.17, 15) is 63.0 Å². The molecule has 2 aromatic carbocycles. The number of aliphatic hydroxyl groups excluding tert-OH is 2. The number of hydrogen-bond donors (Lipinski definition) is 17. The fraction of sp³-hybridized carbons (Fsp3) is 0.510. The molecular weight excluding hydrogens is 1020 g/mol. The lowest BCUT2D eigenvalue weighted by atomic mass is 10.0. The van der Waals surface area contributed by atoms with Crippen LogP contribution in [0.25, 0.3) is 0 Å². The zero-order chi connectivity index (χ0) is 58.3. The quantitative estimate of drug-likeness (QED) is 0.0173. The number of carbonyl (C=O) groups is 11. The molecule has 0 unspecified atom stereocenters. The fourth-order valence-corrected chi connectivity index (χ4v) is 7.05. The Morgan fingerprint density at radius 2 is 1.00 bits per heavy atom. The molecule has 11 amide bonds. The van der Waals surface area contributed by atoms with E-state index >= 15 is 0 Å². The van der Waals surface area contributed by atoms with E-state index in [0.717, 1.165) is 5.56 Å². The standard InChI is InChI=1S/C49H76N16O13/c1-27(41(52)71)60-47(77)36(26-66)64-45(75)33(17-10-11-19-50)63-44(74)34(18-12-20-55-49(53)54)62-42(72)28(2)59-38(69)25-58-48(78)40(29(3)67)65-46(76)35(22-31-15-8-5-9-16-31)61-39(70)24-56-37(68)23-57-43(73)32(51)21-30-13-6-4-7-14-30/h4-9,13-16,27-29,32-36,40,66-67H,10-12,17-26,50-51H2,1-3H3,(H2,52,71)(H,56,68)(H,57,73)(H,58,78)(H,59,69)(H,60,77)(H,61,70)(H,62,72)(H,63,74)(H,64,75)(H,65,76)(H4,53,54,55)/t27-,28-,29+,32-,33-,34-,35-,36-,40-/m0/s1. The highest BCUT2D eigenvalue weighted by atomic mass is 16.3. The van der Waals surface area contributed by atoms with Crippen molar-refractivity contribution in [1.82, 2.24) is 53.2 Å². The Morgan fingerprint density at radius 3 is 1.55 bits per heavy atom. The number of guanidine groups is 1. The number of amides is 11. The molecule has 29 nitrogen and oxygen atoms in total. The number of nitrogens with one attached hydrogen (secondary N) is 10. The van der Waals surface area contributed by atoms with Gasteiger partial charge in [-0.2, -0.15) is 0 Å². The van der Waals surface area contributed by atoms with Crippen molar-refractivity contribution in [2.24, 2.45) is 33.7 Å². The van der Waals surface area contributed by atoms with Gasteiger partial charge in [-0.15, -0.1) is 0 Å². The summed E-state index contributed by atoms with van der Waals surface area (Å²) in [6, 6.07) is 6.68. The van der Waals surface area contributed by atoms with Crippen LogP contribution >= 0.6 is 0 Å². The van der Waals surface area contributed by atoms with Crippen molar-refractivity contribution < 1.29 is 63.0 Å². The molecule has 0 heterocycles. The summed E-state index contributed by atoms with van der Waals surface area (Å²) in [4.78, 5) is 147. The molecule has 9 atom stereocenters. The van der Waals surface area contributed by atoms with Gasteiger partial charge in [0.15, 0.2) is 5.96 Å². The average Bonchev–Trinajstić information content (AvgIpc) is 3.39. The van der Waals surface area contributed by atoms with Crippen LogP contribution in [0.5, 0.6) is 0 Å². The molecule has 0 saturated carbocycles. The summed E-state index contributed by atoms with van der Waals surface area (Å²) < 4.78 is 0. The van der Waals surface area contributed by atoms with Gasteiger partial charge in [-0.05, 0) is 77.0 Å². The Balaban J connectivity index is 2.10. The third kappa shape index (κ3) is 25.5. The van der Waals surface area contributed by atoms with Crippen LogP contribution in [0.3, 0.4) is 0 Å². The first-order valence-corrected chi connectivity index (χ1v) is 25.1. The van der Waals surface area contributed by atoms with Crippen LogP contribution in [0.15, 0.2) is 65.7 Å². The van der Waals surface area contributed by atoms with E-state index in [1.807, 2.05) is 6.07 Å². The number of rotatable bonds is 35. The third-order valence-electron chi connectivity index (χ3n) is 11.5. The molecule has 0 aliphatic heterocycles. The van der Waals surface area contributed by atoms with Crippen LogP contribution in [0.2, 0.25) is 0 Å². The second-order valence-electron chi connectivity index (χ2n) is 18.1. The van der Waals surface area contributed by atoms with Crippen LogP contribution in [-0.2, 0) is 65.6 Å². The molecule has 0 radical (unpaired) electrons. The van der Waals surface area contributed by atoms with Gasteiger partial charge in [-0.3, -0.25) is 57.7 Å². The number of nitrogens with two attached hydrogens (primary N) is 5. The van der Waals surface area contributed by atoms with Gasteiger partial charge in [-0.25, -0.2) is 0 Å². The van der Waals surface area contributed by atoms with Crippen molar-refractivity contribution in [2.75, 3.05) is 39.3 Å². The highest BCUT2D eigenvalue weighted by Crippen LogP contribution is 2.08. The molecule has 0 saturated heterocycles. The van der Waals surface area contributed by atoms with Crippen LogP contribution in [0.4, 0.5) is 0 Å². The van der Waals surface area contributed by atoms with Gasteiger partial charge in [0.2, 0.25) is 65.0 Å². The summed E-state index contributed by atoms with van der Waals surface area (Å²) in [6.45, 7) is 1.22. The van der Waals surface area contributed by atoms with E-state index in [4.69, 9.17) is 28.7 Å². The molecular formula is C49H76N16O13. The molecule has 2 rings (SSSR count). The van der Waals surface area contributed by atoms with Gasteiger partial charge in [0.1, 0.15) is 42.3 Å². The average molecular weight is 1100 g/mol. The van der Waals surface area contributed by atoms with Gasteiger partial charge in [-0.1, -0.05) is 60.7 Å². The molecule has 0 aliphatic rings. The monoisotopic (exact) mass is 1100 g/mol. The van der Waals surface area contributed by atoms with Gasteiger partial charge in [0.25, 0.3) is 0 Å². The fourth-order valence-electron chi connectivity index (χ4n) is 7.05. The maximum absolute atomic E-state index is 13.8. The first-order chi connectivity index (χ1) is 36.9. The van der Waals surface area contributed by atoms with E-state index in [0.29, 0.717) is 18.4 Å². The number of unbranched alkanes of at least 4 members (excludes halogenated alkanes) is 1. The second-order valence-corrected chi connectivity index (χ2v) is 18.1. The minimum atomic E-state index is -1.69. The Kier molecular flexibility index (Phi) is 29.6. The van der Waals surface area contributed by atoms with E-state index in [1.54, 1.807) is 54.6 Å². The van der Waals surface area contributed by atoms with Crippen molar-refractivity contribution in [2.45, 2.75) is 120 Å². The third-order valence-corrected chi connectivity index (χ3v) is 11.5. The topological polar surface area (TPSA) is 491 Å². The summed E-state index contributed by atoms with van der Waals surface area (Å²) in [6.07, 6.45) is -0.647. The Morgan fingerprint density at radius 1 is 0.513 bits per heavy atom. The summed E-state index contributed by atoms with van der Waals surface area (Å²) in [7, 11) is 0. The lowest BCUT2D eigenvalue weighted by molar-refractivity contribution is -0.135. The molecule has 430 valence electrons. The number of primary amides is 1. The van der Waals surface area contributed by atoms with Crippen molar-refractivity contribution in [1.29, 1.82) is 0 Å². The first-order valence-electron chi connectivity index (χ1n) is 25.1. The lowest BCUT2D eigenvalue weighted by Crippen LogP contribution is -2.60. The number of benzene rings is 2. The SMILES string of the molecule is C[C@H](NC(=O)[C@H](CO)NC(=O)[C@H](CCCCN)NC(=O)[C@H](CCCN=C(N)N)NC(=O)[C@H](C)NC(=O)CNC(=O)[C@@H](NC(=O)[C@H](Cc1ccccc1)NC(=O)CNC(=O)CNC(=O)[C@@H](N)Cc1ccccc1)[C@@H](C)O)C(N)=O. The number of nitrogens with zero attached hydrogens (tertiary/aromatic N) is 1. The molecule has 78 heavy (non-hydrogen) atoms. The van der Waals surface area contributed by atoms with Crippen LogP contribution in [0.1, 0.15) is 64.0 Å². The van der Waals surface area contributed by atoms with E-state index in [-0.39, 0.29) is 51.2 Å². The van der Waals surface area contributed by atoms with Crippen LogP contribution in [-0.4, -0.2) is 175 Å². The number of aliphatic imine (C=N–C) groups is 1. The zero-order valence-corrected chi connectivity index (χ0v) is 43.9. The summed E-state index contributed by atoms with van der Waals surface area (Å²) in [5.41, 5.74) is 29.1. The molecule has 0 fully saturated rings. The van der Waals surface area contributed by atoms with Gasteiger partial charge >= 0.3 is 0 Å². The molecule has 0 bridgehead atoms. The zero-order valence-electron chi connectivity index (χ0n) is 43.9. The highest BCUT2D eigenvalue weighted by molar-refractivity contribution is 5.98. The maximum Gasteiger partial charge on any atom is 0.245 e. The molecule has 0 aliphatic carbocycles. The van der Waals surface area contributed by atoms with Gasteiger partial charge in [0.05, 0.1) is 38.4 Å². The van der Waals surface area contributed by atoms with Crippen LogP contribution in [0, 0.1) is 0 Å². The normalized spacial score (nSPS) is 14.2. The predicted molar refractivity (Wildman–Crippen MR) is 283 cm³/mol. The summed E-state index contributed by atoms with van der Waals surface area (Å²) >= 11 is 0. The number of carbonyl (C=O) groups excluding carboxylic acids is 11. The van der Waals surface area contributed by atoms with E-state index in [2.05, 4.69) is 58.2 Å². The number of aliphatic hydroxyl groups is 2.